The highest BCUT2D eigenvalue weighted by Gasteiger charge is 2.34. The van der Waals surface area contributed by atoms with Crippen molar-refractivity contribution < 1.29 is 4.42 Å². The minimum Gasteiger partial charge on any atom is -0.445 e. The summed E-state index contributed by atoms with van der Waals surface area (Å²) in [5.74, 6) is 4.71. The first-order valence-electron chi connectivity index (χ1n) is 9.02. The van der Waals surface area contributed by atoms with Crippen molar-refractivity contribution in [3.8, 4) is 0 Å². The molecule has 2 aliphatic carbocycles. The quantitative estimate of drug-likeness (QED) is 0.794. The lowest BCUT2D eigenvalue weighted by molar-refractivity contribution is 0.147. The molecule has 3 atom stereocenters. The van der Waals surface area contributed by atoms with Crippen molar-refractivity contribution in [3.63, 3.8) is 0 Å². The molecule has 0 bridgehead atoms. The Morgan fingerprint density at radius 2 is 2.05 bits per heavy atom. The number of nitrogens with one attached hydrogen (secondary N) is 1. The van der Waals surface area contributed by atoms with E-state index in [9.17, 15) is 0 Å². The molecule has 3 heteroatoms. The summed E-state index contributed by atoms with van der Waals surface area (Å²) in [4.78, 5) is 4.50. The molecule has 3 unspecified atom stereocenters. The summed E-state index contributed by atoms with van der Waals surface area (Å²) >= 11 is 0. The van der Waals surface area contributed by atoms with Crippen molar-refractivity contribution in [2.45, 2.75) is 70.6 Å². The highest BCUT2D eigenvalue weighted by molar-refractivity contribution is 5.05. The van der Waals surface area contributed by atoms with Gasteiger partial charge >= 0.3 is 0 Å². The molecule has 0 aromatic carbocycles. The topological polar surface area (TPSA) is 38.1 Å². The van der Waals surface area contributed by atoms with Crippen LogP contribution in [0, 0.1) is 11.8 Å². The van der Waals surface area contributed by atoms with Gasteiger partial charge in [0.25, 0.3) is 0 Å². The van der Waals surface area contributed by atoms with Gasteiger partial charge in [0, 0.05) is 12.3 Å². The molecule has 3 rings (SSSR count). The standard InChI is InChI=1S/C18H30N2O/c1-2-19-11-5-8-18-20-13-17(21-18)16-10-9-14-6-3-4-7-15(14)12-16/h13-16,19H,2-12H2,1H3. The van der Waals surface area contributed by atoms with E-state index in [0.717, 1.165) is 49.4 Å². The van der Waals surface area contributed by atoms with Gasteiger partial charge in [0.2, 0.25) is 0 Å². The summed E-state index contributed by atoms with van der Waals surface area (Å²) < 4.78 is 6.04. The first-order valence-corrected chi connectivity index (χ1v) is 9.02. The fraction of sp³-hybridized carbons (Fsp3) is 0.833. The van der Waals surface area contributed by atoms with E-state index >= 15 is 0 Å². The molecule has 1 heterocycles. The fourth-order valence-corrected chi connectivity index (χ4v) is 4.30. The Morgan fingerprint density at radius 3 is 2.90 bits per heavy atom. The molecule has 0 spiro atoms. The molecule has 2 fully saturated rings. The Kier molecular flexibility index (Phi) is 5.34. The molecule has 0 radical (unpaired) electrons. The van der Waals surface area contributed by atoms with E-state index in [1.165, 1.54) is 44.9 Å². The molecule has 0 amide bonds. The third-order valence-corrected chi connectivity index (χ3v) is 5.51. The second kappa shape index (κ2) is 7.44. The van der Waals surface area contributed by atoms with Gasteiger partial charge in [0.15, 0.2) is 5.89 Å². The van der Waals surface area contributed by atoms with E-state index in [1.807, 2.05) is 6.20 Å². The summed E-state index contributed by atoms with van der Waals surface area (Å²) in [6, 6.07) is 0. The summed E-state index contributed by atoms with van der Waals surface area (Å²) in [6.45, 7) is 4.24. The van der Waals surface area contributed by atoms with Crippen LogP contribution < -0.4 is 5.32 Å². The smallest absolute Gasteiger partial charge is 0.194 e. The van der Waals surface area contributed by atoms with Gasteiger partial charge in [-0.25, -0.2) is 4.98 Å². The maximum atomic E-state index is 6.04. The number of hydrogen-bond acceptors (Lipinski definition) is 3. The zero-order valence-corrected chi connectivity index (χ0v) is 13.4. The SMILES string of the molecule is CCNCCCc1ncc(C2CCC3CCCCC3C2)o1. The van der Waals surface area contributed by atoms with Gasteiger partial charge in [0.05, 0.1) is 6.20 Å². The predicted molar refractivity (Wildman–Crippen MR) is 85.4 cm³/mol. The van der Waals surface area contributed by atoms with Gasteiger partial charge in [-0.2, -0.15) is 0 Å². The van der Waals surface area contributed by atoms with E-state index in [2.05, 4.69) is 17.2 Å². The van der Waals surface area contributed by atoms with E-state index in [0.29, 0.717) is 5.92 Å². The van der Waals surface area contributed by atoms with Crippen LogP contribution in [-0.4, -0.2) is 18.1 Å². The summed E-state index contributed by atoms with van der Waals surface area (Å²) in [5.41, 5.74) is 0. The van der Waals surface area contributed by atoms with E-state index < -0.39 is 0 Å². The van der Waals surface area contributed by atoms with E-state index in [4.69, 9.17) is 4.42 Å². The first-order chi connectivity index (χ1) is 10.4. The Labute approximate surface area is 128 Å². The largest absolute Gasteiger partial charge is 0.445 e. The second-order valence-corrected chi connectivity index (χ2v) is 6.93. The Morgan fingerprint density at radius 1 is 1.19 bits per heavy atom. The number of nitrogens with zero attached hydrogens (tertiary/aromatic N) is 1. The van der Waals surface area contributed by atoms with Crippen LogP contribution in [0.5, 0.6) is 0 Å². The molecule has 118 valence electrons. The molecular formula is C18H30N2O. The normalized spacial score (nSPS) is 29.3. The number of aromatic nitrogens is 1. The fourth-order valence-electron chi connectivity index (χ4n) is 4.30. The average Bonchev–Trinajstić information content (AvgIpc) is 3.00. The van der Waals surface area contributed by atoms with Crippen LogP contribution in [0.1, 0.15) is 75.9 Å². The highest BCUT2D eigenvalue weighted by Crippen LogP contribution is 2.46. The average molecular weight is 290 g/mol. The van der Waals surface area contributed by atoms with Gasteiger partial charge in [-0.05, 0) is 50.6 Å². The number of oxazole rings is 1. The molecule has 2 aliphatic rings. The molecule has 1 aromatic rings. The first kappa shape index (κ1) is 15.1. The summed E-state index contributed by atoms with van der Waals surface area (Å²) in [6.07, 6.45) is 14.0. The van der Waals surface area contributed by atoms with Gasteiger partial charge in [-0.15, -0.1) is 0 Å². The van der Waals surface area contributed by atoms with Crippen LogP contribution in [0.4, 0.5) is 0 Å². The van der Waals surface area contributed by atoms with Gasteiger partial charge in [-0.3, -0.25) is 0 Å². The third-order valence-electron chi connectivity index (χ3n) is 5.51. The van der Waals surface area contributed by atoms with Crippen LogP contribution in [-0.2, 0) is 6.42 Å². The minimum atomic E-state index is 0.638. The molecule has 0 saturated heterocycles. The maximum Gasteiger partial charge on any atom is 0.194 e. The van der Waals surface area contributed by atoms with E-state index in [1.54, 1.807) is 0 Å². The van der Waals surface area contributed by atoms with Crippen molar-refractivity contribution >= 4 is 0 Å². The lowest BCUT2D eigenvalue weighted by Gasteiger charge is -2.38. The highest BCUT2D eigenvalue weighted by atomic mass is 16.4. The molecule has 2 saturated carbocycles. The second-order valence-electron chi connectivity index (χ2n) is 6.93. The predicted octanol–water partition coefficient (Wildman–Crippen LogP) is 4.29. The zero-order valence-electron chi connectivity index (χ0n) is 13.4. The van der Waals surface area contributed by atoms with Crippen molar-refractivity contribution in [1.29, 1.82) is 0 Å². The number of fused-ring (bicyclic) bond motifs is 1. The van der Waals surface area contributed by atoms with Crippen molar-refractivity contribution in [2.75, 3.05) is 13.1 Å². The van der Waals surface area contributed by atoms with Gasteiger partial charge in [-0.1, -0.05) is 32.6 Å². The van der Waals surface area contributed by atoms with Crippen LogP contribution in [0.3, 0.4) is 0 Å². The van der Waals surface area contributed by atoms with Crippen molar-refractivity contribution in [1.82, 2.24) is 10.3 Å². The lowest BCUT2D eigenvalue weighted by Crippen LogP contribution is -2.26. The van der Waals surface area contributed by atoms with E-state index in [-0.39, 0.29) is 0 Å². The van der Waals surface area contributed by atoms with Gasteiger partial charge < -0.3 is 9.73 Å². The Bertz CT molecular complexity index is 429. The third kappa shape index (κ3) is 3.88. The number of aryl methyl sites for hydroxylation is 1. The molecule has 1 N–H and O–H groups in total. The zero-order chi connectivity index (χ0) is 14.5. The molecule has 21 heavy (non-hydrogen) atoms. The Balaban J connectivity index is 1.51. The number of hydrogen-bond donors (Lipinski definition) is 1. The Hall–Kier alpha value is -0.830. The number of rotatable bonds is 6. The van der Waals surface area contributed by atoms with Crippen LogP contribution in [0.15, 0.2) is 10.6 Å². The monoisotopic (exact) mass is 290 g/mol. The summed E-state index contributed by atoms with van der Waals surface area (Å²) in [5, 5.41) is 3.35. The van der Waals surface area contributed by atoms with Crippen LogP contribution in [0.2, 0.25) is 0 Å². The minimum absolute atomic E-state index is 0.638. The lowest BCUT2D eigenvalue weighted by atomic mass is 9.67. The maximum absolute atomic E-state index is 6.04. The summed E-state index contributed by atoms with van der Waals surface area (Å²) in [7, 11) is 0. The van der Waals surface area contributed by atoms with Crippen molar-refractivity contribution in [2.24, 2.45) is 11.8 Å². The molecule has 3 nitrogen and oxygen atoms in total. The molecule has 1 aromatic heterocycles. The van der Waals surface area contributed by atoms with Crippen LogP contribution in [0.25, 0.3) is 0 Å². The molecule has 0 aliphatic heterocycles. The van der Waals surface area contributed by atoms with Gasteiger partial charge in [0.1, 0.15) is 5.76 Å². The van der Waals surface area contributed by atoms with Crippen molar-refractivity contribution in [3.05, 3.63) is 17.8 Å². The molecular weight excluding hydrogens is 260 g/mol. The van der Waals surface area contributed by atoms with Crippen LogP contribution >= 0.6 is 0 Å².